The van der Waals surface area contributed by atoms with Crippen molar-refractivity contribution in [1.82, 2.24) is 14.9 Å². The molecule has 4 heteroatoms. The van der Waals surface area contributed by atoms with E-state index in [1.54, 1.807) is 0 Å². The van der Waals surface area contributed by atoms with Gasteiger partial charge in [0.15, 0.2) is 0 Å². The van der Waals surface area contributed by atoms with E-state index >= 15 is 0 Å². The van der Waals surface area contributed by atoms with Gasteiger partial charge in [-0.05, 0) is 39.8 Å². The molecular weight excluding hydrogens is 274 g/mol. The second-order valence-electron chi connectivity index (χ2n) is 6.77. The van der Waals surface area contributed by atoms with Gasteiger partial charge in [0.05, 0.1) is 6.33 Å². The van der Waals surface area contributed by atoms with Gasteiger partial charge in [-0.15, -0.1) is 0 Å². The van der Waals surface area contributed by atoms with Crippen LogP contribution in [0.3, 0.4) is 0 Å². The number of fused-ring (bicyclic) bond motifs is 1. The Labute approximate surface area is 132 Å². The van der Waals surface area contributed by atoms with Crippen molar-refractivity contribution in [3.63, 3.8) is 0 Å². The molecule has 0 amide bonds. The third-order valence-corrected chi connectivity index (χ3v) is 4.17. The molecule has 1 unspecified atom stereocenters. The number of nitrogens with one attached hydrogen (secondary N) is 1. The maximum Gasteiger partial charge on any atom is 0.124 e. The zero-order valence-corrected chi connectivity index (χ0v) is 13.7. The Kier molecular flexibility index (Phi) is 4.21. The van der Waals surface area contributed by atoms with E-state index in [4.69, 9.17) is 4.74 Å². The summed E-state index contributed by atoms with van der Waals surface area (Å²) in [5.74, 6) is 1.02. The van der Waals surface area contributed by atoms with Gasteiger partial charge in [0, 0.05) is 37.0 Å². The summed E-state index contributed by atoms with van der Waals surface area (Å²) in [5, 5.41) is 3.71. The van der Waals surface area contributed by atoms with Gasteiger partial charge in [0.25, 0.3) is 0 Å². The molecule has 0 aliphatic carbocycles. The van der Waals surface area contributed by atoms with E-state index in [-0.39, 0.29) is 5.60 Å². The molecule has 2 heterocycles. The van der Waals surface area contributed by atoms with Crippen LogP contribution in [0, 0.1) is 6.92 Å². The summed E-state index contributed by atoms with van der Waals surface area (Å²) in [7, 11) is 0. The SMILES string of the molecule is Cc1ccc2c(c1)C(NCCCn1ccnc1)CC(C)(C)O2. The predicted molar refractivity (Wildman–Crippen MR) is 88.1 cm³/mol. The number of imidazole rings is 1. The summed E-state index contributed by atoms with van der Waals surface area (Å²) in [4.78, 5) is 4.08. The van der Waals surface area contributed by atoms with Crippen LogP contribution in [0.2, 0.25) is 0 Å². The Morgan fingerprint density at radius 3 is 3.05 bits per heavy atom. The first-order valence-corrected chi connectivity index (χ1v) is 8.02. The Bertz CT molecular complexity index is 619. The van der Waals surface area contributed by atoms with Crippen molar-refractivity contribution in [1.29, 1.82) is 0 Å². The maximum atomic E-state index is 6.12. The number of benzene rings is 1. The lowest BCUT2D eigenvalue weighted by atomic mass is 9.89. The molecule has 1 aromatic carbocycles. The van der Waals surface area contributed by atoms with Crippen LogP contribution < -0.4 is 10.1 Å². The Hall–Kier alpha value is -1.81. The van der Waals surface area contributed by atoms with Gasteiger partial charge in [-0.1, -0.05) is 17.7 Å². The molecule has 1 aliphatic heterocycles. The minimum atomic E-state index is -0.121. The molecule has 0 fully saturated rings. The predicted octanol–water partition coefficient (Wildman–Crippen LogP) is 3.47. The highest BCUT2D eigenvalue weighted by atomic mass is 16.5. The second kappa shape index (κ2) is 6.13. The van der Waals surface area contributed by atoms with E-state index in [0.717, 1.165) is 31.7 Å². The monoisotopic (exact) mass is 299 g/mol. The Morgan fingerprint density at radius 2 is 2.27 bits per heavy atom. The molecule has 22 heavy (non-hydrogen) atoms. The van der Waals surface area contributed by atoms with Crippen molar-refractivity contribution in [2.75, 3.05) is 6.54 Å². The normalized spacial score (nSPS) is 19.5. The van der Waals surface area contributed by atoms with Crippen LogP contribution in [0.4, 0.5) is 0 Å². The van der Waals surface area contributed by atoms with Gasteiger partial charge in [-0.25, -0.2) is 4.98 Å². The summed E-state index contributed by atoms with van der Waals surface area (Å²) in [5.41, 5.74) is 2.46. The fourth-order valence-corrected chi connectivity index (χ4v) is 3.11. The molecular formula is C18H25N3O. The Balaban J connectivity index is 1.63. The zero-order chi connectivity index (χ0) is 15.6. The lowest BCUT2D eigenvalue weighted by molar-refractivity contribution is 0.0660. The molecule has 0 radical (unpaired) electrons. The van der Waals surface area contributed by atoms with Crippen LogP contribution in [-0.2, 0) is 6.54 Å². The topological polar surface area (TPSA) is 39.1 Å². The number of aryl methyl sites for hydroxylation is 2. The van der Waals surface area contributed by atoms with Gasteiger partial charge in [-0.2, -0.15) is 0 Å². The summed E-state index contributed by atoms with van der Waals surface area (Å²) < 4.78 is 8.24. The highest BCUT2D eigenvalue weighted by molar-refractivity contribution is 5.41. The quantitative estimate of drug-likeness (QED) is 0.859. The van der Waals surface area contributed by atoms with E-state index in [2.05, 4.69) is 53.8 Å². The molecule has 0 saturated heterocycles. The fraction of sp³-hybridized carbons (Fsp3) is 0.500. The molecule has 1 N–H and O–H groups in total. The molecule has 0 spiro atoms. The van der Waals surface area contributed by atoms with E-state index in [1.165, 1.54) is 11.1 Å². The minimum absolute atomic E-state index is 0.121. The standard InChI is InChI=1S/C18H25N3O/c1-14-5-6-17-15(11-14)16(12-18(2,3)22-17)20-7-4-9-21-10-8-19-13-21/h5-6,8,10-11,13,16,20H,4,7,9,12H2,1-3H3. The minimum Gasteiger partial charge on any atom is -0.487 e. The fourth-order valence-electron chi connectivity index (χ4n) is 3.11. The van der Waals surface area contributed by atoms with E-state index in [1.807, 2.05) is 18.7 Å². The van der Waals surface area contributed by atoms with E-state index in [0.29, 0.717) is 6.04 Å². The van der Waals surface area contributed by atoms with Crippen LogP contribution >= 0.6 is 0 Å². The average molecular weight is 299 g/mol. The van der Waals surface area contributed by atoms with Crippen molar-refractivity contribution in [2.45, 2.75) is 51.8 Å². The lowest BCUT2D eigenvalue weighted by Crippen LogP contribution is -2.39. The van der Waals surface area contributed by atoms with Gasteiger partial charge < -0.3 is 14.6 Å². The smallest absolute Gasteiger partial charge is 0.124 e. The van der Waals surface area contributed by atoms with E-state index in [9.17, 15) is 0 Å². The molecule has 4 nitrogen and oxygen atoms in total. The summed E-state index contributed by atoms with van der Waals surface area (Å²) in [6, 6.07) is 6.83. The summed E-state index contributed by atoms with van der Waals surface area (Å²) >= 11 is 0. The average Bonchev–Trinajstić information content (AvgIpc) is 2.96. The third kappa shape index (κ3) is 3.50. The van der Waals surface area contributed by atoms with Gasteiger partial charge in [-0.3, -0.25) is 0 Å². The maximum absolute atomic E-state index is 6.12. The van der Waals surface area contributed by atoms with Crippen molar-refractivity contribution in [2.24, 2.45) is 0 Å². The van der Waals surface area contributed by atoms with Crippen molar-refractivity contribution >= 4 is 0 Å². The van der Waals surface area contributed by atoms with Crippen LogP contribution in [0.25, 0.3) is 0 Å². The first-order chi connectivity index (χ1) is 10.5. The van der Waals surface area contributed by atoms with Crippen LogP contribution in [0.1, 0.15) is 43.9 Å². The number of nitrogens with zero attached hydrogens (tertiary/aromatic N) is 2. The molecule has 1 aliphatic rings. The highest BCUT2D eigenvalue weighted by Gasteiger charge is 2.33. The molecule has 1 atom stereocenters. The van der Waals surface area contributed by atoms with Gasteiger partial charge in [0.2, 0.25) is 0 Å². The molecule has 1 aromatic heterocycles. The molecule has 0 saturated carbocycles. The molecule has 118 valence electrons. The van der Waals surface area contributed by atoms with Crippen LogP contribution in [-0.4, -0.2) is 21.7 Å². The highest BCUT2D eigenvalue weighted by Crippen LogP contribution is 2.39. The van der Waals surface area contributed by atoms with Crippen molar-refractivity contribution < 1.29 is 4.74 Å². The molecule has 2 aromatic rings. The van der Waals surface area contributed by atoms with Crippen LogP contribution in [0.5, 0.6) is 5.75 Å². The number of hydrogen-bond acceptors (Lipinski definition) is 3. The van der Waals surface area contributed by atoms with Crippen molar-refractivity contribution in [3.05, 3.63) is 48.0 Å². The number of ether oxygens (including phenoxy) is 1. The first kappa shape index (κ1) is 15.1. The molecule has 3 rings (SSSR count). The third-order valence-electron chi connectivity index (χ3n) is 4.17. The van der Waals surface area contributed by atoms with E-state index < -0.39 is 0 Å². The number of aromatic nitrogens is 2. The van der Waals surface area contributed by atoms with Crippen LogP contribution in [0.15, 0.2) is 36.9 Å². The second-order valence-corrected chi connectivity index (χ2v) is 6.77. The largest absolute Gasteiger partial charge is 0.487 e. The van der Waals surface area contributed by atoms with Gasteiger partial charge in [0.1, 0.15) is 11.4 Å². The Morgan fingerprint density at radius 1 is 1.41 bits per heavy atom. The van der Waals surface area contributed by atoms with Crippen molar-refractivity contribution in [3.8, 4) is 5.75 Å². The van der Waals surface area contributed by atoms with Gasteiger partial charge >= 0.3 is 0 Å². The summed E-state index contributed by atoms with van der Waals surface area (Å²) in [6.45, 7) is 8.45. The number of hydrogen-bond donors (Lipinski definition) is 1. The molecule has 0 bridgehead atoms. The lowest BCUT2D eigenvalue weighted by Gasteiger charge is -2.38. The zero-order valence-electron chi connectivity index (χ0n) is 13.7. The number of rotatable bonds is 5. The summed E-state index contributed by atoms with van der Waals surface area (Å²) in [6.07, 6.45) is 7.80. The first-order valence-electron chi connectivity index (χ1n) is 8.02.